The van der Waals surface area contributed by atoms with Crippen LogP contribution in [0.5, 0.6) is 0 Å². The Hall–Kier alpha value is -1.06. The number of methoxy groups -OCH3 is 1. The lowest BCUT2D eigenvalue weighted by Gasteiger charge is -2.02. The van der Waals surface area contributed by atoms with Crippen molar-refractivity contribution in [3.05, 3.63) is 5.92 Å². The topological polar surface area (TPSA) is 69.4 Å². The van der Waals surface area contributed by atoms with Crippen molar-refractivity contribution in [1.82, 2.24) is 0 Å². The molecule has 0 aliphatic heterocycles. The first-order valence-corrected chi connectivity index (χ1v) is 2.77. The molecule has 0 aromatic rings. The second-order valence-corrected chi connectivity index (χ2v) is 1.90. The van der Waals surface area contributed by atoms with Crippen LogP contribution in [0.15, 0.2) is 0 Å². The van der Waals surface area contributed by atoms with E-state index in [0.29, 0.717) is 5.92 Å². The molecule has 0 aliphatic carbocycles. The normalized spacial score (nSPS) is 9.50. The standard InChI is InChI=1S/C6H10NO3/c1-4(6(7)9)3-5(8)10-2/h3H2,1-2H3,(H2,7,9). The van der Waals surface area contributed by atoms with Gasteiger partial charge in [-0.2, -0.15) is 0 Å². The summed E-state index contributed by atoms with van der Waals surface area (Å²) in [6.45, 7) is 1.50. The van der Waals surface area contributed by atoms with E-state index in [-0.39, 0.29) is 6.42 Å². The summed E-state index contributed by atoms with van der Waals surface area (Å²) in [4.78, 5) is 20.8. The van der Waals surface area contributed by atoms with E-state index < -0.39 is 11.9 Å². The van der Waals surface area contributed by atoms with Gasteiger partial charge in [0.15, 0.2) is 0 Å². The van der Waals surface area contributed by atoms with Crippen molar-refractivity contribution in [2.75, 3.05) is 7.11 Å². The molecule has 0 aromatic carbocycles. The first kappa shape index (κ1) is 8.94. The molecular weight excluding hydrogens is 134 g/mol. The van der Waals surface area contributed by atoms with E-state index >= 15 is 0 Å². The minimum atomic E-state index is -0.564. The van der Waals surface area contributed by atoms with E-state index in [0.717, 1.165) is 0 Å². The average Bonchev–Trinajstić information content (AvgIpc) is 1.87. The van der Waals surface area contributed by atoms with Crippen molar-refractivity contribution < 1.29 is 14.3 Å². The van der Waals surface area contributed by atoms with Crippen LogP contribution in [0.25, 0.3) is 0 Å². The van der Waals surface area contributed by atoms with Gasteiger partial charge < -0.3 is 10.5 Å². The molecule has 2 N–H and O–H groups in total. The third kappa shape index (κ3) is 3.06. The lowest BCUT2D eigenvalue weighted by molar-refractivity contribution is -0.141. The van der Waals surface area contributed by atoms with Gasteiger partial charge in [0, 0.05) is 0 Å². The van der Waals surface area contributed by atoms with Crippen LogP contribution in [0.3, 0.4) is 0 Å². The fourth-order valence-electron chi connectivity index (χ4n) is 0.376. The molecule has 1 radical (unpaired) electrons. The Morgan fingerprint density at radius 2 is 2.00 bits per heavy atom. The predicted molar refractivity (Wildman–Crippen MR) is 34.7 cm³/mol. The first-order chi connectivity index (χ1) is 4.57. The lowest BCUT2D eigenvalue weighted by Crippen LogP contribution is -2.21. The van der Waals surface area contributed by atoms with Crippen LogP contribution in [0, 0.1) is 5.92 Å². The maximum absolute atomic E-state index is 10.5. The molecule has 0 atom stereocenters. The van der Waals surface area contributed by atoms with Gasteiger partial charge in [0.05, 0.1) is 19.4 Å². The third-order valence-corrected chi connectivity index (χ3v) is 1.06. The summed E-state index contributed by atoms with van der Waals surface area (Å²) in [6, 6.07) is 0. The molecule has 4 heteroatoms. The van der Waals surface area contributed by atoms with Gasteiger partial charge in [-0.15, -0.1) is 0 Å². The Morgan fingerprint density at radius 3 is 2.30 bits per heavy atom. The predicted octanol–water partition coefficient (Wildman–Crippen LogP) is -0.371. The lowest BCUT2D eigenvalue weighted by atomic mass is 10.1. The van der Waals surface area contributed by atoms with Crippen molar-refractivity contribution in [3.63, 3.8) is 0 Å². The molecule has 0 bridgehead atoms. The molecule has 0 unspecified atom stereocenters. The van der Waals surface area contributed by atoms with Gasteiger partial charge in [-0.05, 0) is 6.92 Å². The van der Waals surface area contributed by atoms with E-state index in [1.54, 1.807) is 0 Å². The van der Waals surface area contributed by atoms with Crippen LogP contribution in [-0.4, -0.2) is 19.0 Å². The number of ether oxygens (including phenoxy) is 1. The number of amides is 1. The Morgan fingerprint density at radius 1 is 1.50 bits per heavy atom. The van der Waals surface area contributed by atoms with E-state index in [9.17, 15) is 9.59 Å². The molecule has 0 aromatic heterocycles. The fraction of sp³-hybridized carbons (Fsp3) is 0.500. The molecule has 0 saturated carbocycles. The summed E-state index contributed by atoms with van der Waals surface area (Å²) in [5, 5.41) is 0. The number of carbonyl (C=O) groups excluding carboxylic acids is 2. The number of hydrogen-bond donors (Lipinski definition) is 1. The summed E-state index contributed by atoms with van der Waals surface area (Å²) in [5.74, 6) is -0.700. The maximum Gasteiger partial charge on any atom is 0.306 e. The molecule has 0 rings (SSSR count). The van der Waals surface area contributed by atoms with E-state index in [2.05, 4.69) is 4.74 Å². The molecular formula is C6H10NO3. The minimum absolute atomic E-state index is 0.0220. The Kier molecular flexibility index (Phi) is 3.46. The molecule has 0 saturated heterocycles. The number of esters is 1. The highest BCUT2D eigenvalue weighted by Gasteiger charge is 2.14. The SMILES string of the molecule is COC(=O)C[C](C)C(N)=O. The number of hydrogen-bond acceptors (Lipinski definition) is 3. The summed E-state index contributed by atoms with van der Waals surface area (Å²) < 4.78 is 4.30. The molecule has 57 valence electrons. The second kappa shape index (κ2) is 3.87. The molecule has 4 nitrogen and oxygen atoms in total. The quantitative estimate of drug-likeness (QED) is 0.549. The third-order valence-electron chi connectivity index (χ3n) is 1.06. The fourth-order valence-corrected chi connectivity index (χ4v) is 0.376. The highest BCUT2D eigenvalue weighted by Crippen LogP contribution is 2.03. The number of primary amides is 1. The molecule has 10 heavy (non-hydrogen) atoms. The van der Waals surface area contributed by atoms with Gasteiger partial charge in [-0.1, -0.05) is 0 Å². The van der Waals surface area contributed by atoms with Crippen LogP contribution in [0.4, 0.5) is 0 Å². The average molecular weight is 144 g/mol. The van der Waals surface area contributed by atoms with Gasteiger partial charge in [0.25, 0.3) is 0 Å². The van der Waals surface area contributed by atoms with Gasteiger partial charge in [0.1, 0.15) is 0 Å². The molecule has 0 aliphatic rings. The summed E-state index contributed by atoms with van der Waals surface area (Å²) in [6.07, 6.45) is -0.0220. The monoisotopic (exact) mass is 144 g/mol. The zero-order valence-electron chi connectivity index (χ0n) is 6.01. The van der Waals surface area contributed by atoms with Gasteiger partial charge in [0.2, 0.25) is 5.91 Å². The van der Waals surface area contributed by atoms with Crippen molar-refractivity contribution in [1.29, 1.82) is 0 Å². The largest absolute Gasteiger partial charge is 0.469 e. The van der Waals surface area contributed by atoms with Crippen molar-refractivity contribution in [2.24, 2.45) is 5.73 Å². The molecule has 0 spiro atoms. The van der Waals surface area contributed by atoms with Crippen LogP contribution < -0.4 is 5.73 Å². The zero-order chi connectivity index (χ0) is 8.15. The van der Waals surface area contributed by atoms with Crippen LogP contribution in [0.1, 0.15) is 13.3 Å². The highest BCUT2D eigenvalue weighted by molar-refractivity contribution is 5.92. The Bertz CT molecular complexity index is 144. The number of nitrogens with two attached hydrogens (primary N) is 1. The zero-order valence-corrected chi connectivity index (χ0v) is 6.01. The van der Waals surface area contributed by atoms with Crippen molar-refractivity contribution in [3.8, 4) is 0 Å². The Balaban J connectivity index is 3.68. The summed E-state index contributed by atoms with van der Waals surface area (Å²) in [7, 11) is 1.26. The van der Waals surface area contributed by atoms with E-state index in [1.807, 2.05) is 0 Å². The molecule has 0 fully saturated rings. The van der Waals surface area contributed by atoms with Crippen molar-refractivity contribution in [2.45, 2.75) is 13.3 Å². The van der Waals surface area contributed by atoms with E-state index in [4.69, 9.17) is 5.73 Å². The van der Waals surface area contributed by atoms with Crippen LogP contribution in [0.2, 0.25) is 0 Å². The minimum Gasteiger partial charge on any atom is -0.469 e. The van der Waals surface area contributed by atoms with Gasteiger partial charge >= 0.3 is 5.97 Å². The summed E-state index contributed by atoms with van der Waals surface area (Å²) in [5.41, 5.74) is 4.86. The number of carbonyl (C=O) groups is 2. The van der Waals surface area contributed by atoms with Gasteiger partial charge in [-0.25, -0.2) is 0 Å². The summed E-state index contributed by atoms with van der Waals surface area (Å²) >= 11 is 0. The van der Waals surface area contributed by atoms with Crippen LogP contribution in [-0.2, 0) is 14.3 Å². The Labute approximate surface area is 59.3 Å². The molecule has 0 heterocycles. The second-order valence-electron chi connectivity index (χ2n) is 1.90. The number of rotatable bonds is 3. The van der Waals surface area contributed by atoms with Crippen molar-refractivity contribution >= 4 is 11.9 Å². The van der Waals surface area contributed by atoms with Gasteiger partial charge in [-0.3, -0.25) is 9.59 Å². The molecule has 1 amide bonds. The maximum atomic E-state index is 10.5. The highest BCUT2D eigenvalue weighted by atomic mass is 16.5. The first-order valence-electron chi connectivity index (χ1n) is 2.77. The van der Waals surface area contributed by atoms with Crippen LogP contribution >= 0.6 is 0 Å². The van der Waals surface area contributed by atoms with E-state index in [1.165, 1.54) is 14.0 Å². The smallest absolute Gasteiger partial charge is 0.306 e.